The maximum Gasteiger partial charge on any atom is 0.337 e. The zero-order valence-corrected chi connectivity index (χ0v) is 20.7. The van der Waals surface area contributed by atoms with Gasteiger partial charge < -0.3 is 10.1 Å². The molecular weight excluding hydrogens is 492 g/mol. The number of anilines is 2. The number of allylic oxidation sites excluding steroid dienone is 2. The molecule has 0 fully saturated rings. The van der Waals surface area contributed by atoms with Crippen molar-refractivity contribution in [3.63, 3.8) is 0 Å². The molecule has 0 aliphatic heterocycles. The minimum atomic E-state index is -0.386. The summed E-state index contributed by atoms with van der Waals surface area (Å²) in [7, 11) is 1.36. The first-order valence-corrected chi connectivity index (χ1v) is 12.1. The molecule has 6 heteroatoms. The smallest absolute Gasteiger partial charge is 0.337 e. The van der Waals surface area contributed by atoms with E-state index in [2.05, 4.69) is 39.5 Å². The highest BCUT2D eigenvalue weighted by Gasteiger charge is 2.18. The second-order valence-electron chi connectivity index (χ2n) is 8.24. The Morgan fingerprint density at radius 2 is 1.76 bits per heavy atom. The number of urea groups is 1. The maximum absolute atomic E-state index is 13.4. The summed E-state index contributed by atoms with van der Waals surface area (Å²) in [6.45, 7) is 0.351. The van der Waals surface area contributed by atoms with Crippen LogP contribution in [0.1, 0.15) is 47.2 Å². The number of hydrogen-bond acceptors (Lipinski definition) is 3. The average Bonchev–Trinajstić information content (AvgIpc) is 2.88. The highest BCUT2D eigenvalue weighted by molar-refractivity contribution is 9.10. The van der Waals surface area contributed by atoms with Crippen molar-refractivity contribution in [3.8, 4) is 0 Å². The number of carbonyl (C=O) groups excluding carboxylic acids is 2. The Labute approximate surface area is 208 Å². The third-order valence-corrected chi connectivity index (χ3v) is 6.37. The lowest BCUT2D eigenvalue weighted by Gasteiger charge is -2.24. The van der Waals surface area contributed by atoms with Crippen LogP contribution in [0.3, 0.4) is 0 Å². The van der Waals surface area contributed by atoms with Crippen LogP contribution >= 0.6 is 15.9 Å². The van der Waals surface area contributed by atoms with Gasteiger partial charge in [-0.3, -0.25) is 4.90 Å². The van der Waals surface area contributed by atoms with Gasteiger partial charge >= 0.3 is 12.0 Å². The van der Waals surface area contributed by atoms with Crippen LogP contribution in [0.25, 0.3) is 5.57 Å². The molecule has 4 rings (SSSR count). The zero-order chi connectivity index (χ0) is 23.9. The summed E-state index contributed by atoms with van der Waals surface area (Å²) in [6.07, 6.45) is 7.01. The standard InChI is InChI=1S/C28H27BrN2O3/c1-34-27(32)23-12-10-20(11-13-23)19-31(28(33)30-25-9-5-8-24(29)18-25)26-16-14-22(15-17-26)21-6-3-2-4-7-21/h5-6,8-18H,2-4,7,19H2,1H3,(H,30,33). The second-order valence-corrected chi connectivity index (χ2v) is 9.15. The van der Waals surface area contributed by atoms with E-state index in [1.807, 2.05) is 48.5 Å². The van der Waals surface area contributed by atoms with Crippen molar-refractivity contribution in [2.45, 2.75) is 32.2 Å². The summed E-state index contributed by atoms with van der Waals surface area (Å²) in [5.41, 5.74) is 5.45. The number of ether oxygens (including phenoxy) is 1. The lowest BCUT2D eigenvalue weighted by molar-refractivity contribution is 0.0600. The van der Waals surface area contributed by atoms with Crippen molar-refractivity contribution in [2.24, 2.45) is 0 Å². The van der Waals surface area contributed by atoms with Crippen molar-refractivity contribution in [1.29, 1.82) is 0 Å². The molecule has 34 heavy (non-hydrogen) atoms. The monoisotopic (exact) mass is 518 g/mol. The zero-order valence-electron chi connectivity index (χ0n) is 19.1. The maximum atomic E-state index is 13.4. The number of esters is 1. The van der Waals surface area contributed by atoms with Crippen LogP contribution in [0, 0.1) is 0 Å². The van der Waals surface area contributed by atoms with E-state index in [-0.39, 0.29) is 12.0 Å². The first-order chi connectivity index (χ1) is 16.5. The molecule has 1 aliphatic carbocycles. The van der Waals surface area contributed by atoms with Crippen molar-refractivity contribution < 1.29 is 14.3 Å². The Morgan fingerprint density at radius 1 is 1.00 bits per heavy atom. The van der Waals surface area contributed by atoms with Gasteiger partial charge in [-0.25, -0.2) is 9.59 Å². The predicted octanol–water partition coefficient (Wildman–Crippen LogP) is 7.43. The van der Waals surface area contributed by atoms with Crippen LogP contribution in [0.5, 0.6) is 0 Å². The number of methoxy groups -OCH3 is 1. The molecule has 2 amide bonds. The number of hydrogen-bond donors (Lipinski definition) is 1. The lowest BCUT2D eigenvalue weighted by atomic mass is 9.93. The van der Waals surface area contributed by atoms with Gasteiger partial charge in [-0.2, -0.15) is 0 Å². The Morgan fingerprint density at radius 3 is 2.41 bits per heavy atom. The topological polar surface area (TPSA) is 58.6 Å². The van der Waals surface area contributed by atoms with Gasteiger partial charge in [0, 0.05) is 15.8 Å². The predicted molar refractivity (Wildman–Crippen MR) is 140 cm³/mol. The van der Waals surface area contributed by atoms with Crippen LogP contribution in [0.2, 0.25) is 0 Å². The van der Waals surface area contributed by atoms with Gasteiger partial charge in [-0.1, -0.05) is 52.3 Å². The van der Waals surface area contributed by atoms with Crippen LogP contribution in [0.4, 0.5) is 16.2 Å². The molecule has 0 saturated carbocycles. The van der Waals surface area contributed by atoms with Crippen LogP contribution in [0.15, 0.2) is 83.3 Å². The van der Waals surface area contributed by atoms with Gasteiger partial charge in [-0.05, 0) is 84.8 Å². The second kappa shape index (κ2) is 11.2. The first kappa shape index (κ1) is 23.8. The molecule has 0 unspecified atom stereocenters. The molecule has 0 bridgehead atoms. The van der Waals surface area contributed by atoms with Crippen molar-refractivity contribution >= 4 is 44.9 Å². The third-order valence-electron chi connectivity index (χ3n) is 5.88. The van der Waals surface area contributed by atoms with E-state index < -0.39 is 0 Å². The summed E-state index contributed by atoms with van der Waals surface area (Å²) in [5.74, 6) is -0.386. The number of amides is 2. The summed E-state index contributed by atoms with van der Waals surface area (Å²) < 4.78 is 5.67. The fourth-order valence-corrected chi connectivity index (χ4v) is 4.44. The first-order valence-electron chi connectivity index (χ1n) is 11.3. The summed E-state index contributed by atoms with van der Waals surface area (Å²) >= 11 is 3.45. The molecule has 1 N–H and O–H groups in total. The SMILES string of the molecule is COC(=O)c1ccc(CN(C(=O)Nc2cccc(Br)c2)c2ccc(C3=CCCCC3)cc2)cc1. The molecule has 1 aliphatic rings. The van der Waals surface area contributed by atoms with Gasteiger partial charge in [0.05, 0.1) is 19.2 Å². The van der Waals surface area contributed by atoms with Crippen molar-refractivity contribution in [2.75, 3.05) is 17.3 Å². The van der Waals surface area contributed by atoms with E-state index in [1.54, 1.807) is 17.0 Å². The molecule has 0 saturated heterocycles. The average molecular weight is 519 g/mol. The third kappa shape index (κ3) is 5.94. The van der Waals surface area contributed by atoms with Gasteiger partial charge in [-0.15, -0.1) is 0 Å². The summed E-state index contributed by atoms with van der Waals surface area (Å²) in [5, 5.41) is 2.99. The van der Waals surface area contributed by atoms with Crippen molar-refractivity contribution in [3.05, 3.63) is 100 Å². The van der Waals surface area contributed by atoms with Crippen LogP contribution < -0.4 is 10.2 Å². The highest BCUT2D eigenvalue weighted by Crippen LogP contribution is 2.29. The number of rotatable bonds is 6. The van der Waals surface area contributed by atoms with Crippen LogP contribution in [-0.2, 0) is 11.3 Å². The lowest BCUT2D eigenvalue weighted by Crippen LogP contribution is -2.34. The molecule has 3 aromatic rings. The Kier molecular flexibility index (Phi) is 7.80. The number of nitrogens with one attached hydrogen (secondary N) is 1. The molecule has 0 radical (unpaired) electrons. The quantitative estimate of drug-likeness (QED) is 0.345. The van der Waals surface area contributed by atoms with E-state index in [0.29, 0.717) is 17.8 Å². The molecule has 174 valence electrons. The van der Waals surface area contributed by atoms with E-state index in [1.165, 1.54) is 31.1 Å². The molecule has 3 aromatic carbocycles. The molecule has 0 atom stereocenters. The highest BCUT2D eigenvalue weighted by atomic mass is 79.9. The molecule has 0 spiro atoms. The molecule has 5 nitrogen and oxygen atoms in total. The minimum Gasteiger partial charge on any atom is -0.465 e. The molecule has 0 heterocycles. The Bertz CT molecular complexity index is 1190. The van der Waals surface area contributed by atoms with Gasteiger partial charge in [0.15, 0.2) is 0 Å². The van der Waals surface area contributed by atoms with E-state index >= 15 is 0 Å². The van der Waals surface area contributed by atoms with E-state index in [4.69, 9.17) is 4.74 Å². The molecule has 0 aromatic heterocycles. The van der Waals surface area contributed by atoms with E-state index in [9.17, 15) is 9.59 Å². The summed E-state index contributed by atoms with van der Waals surface area (Å²) in [6, 6.07) is 22.5. The number of halogens is 1. The Hall–Kier alpha value is -3.38. The van der Waals surface area contributed by atoms with Crippen LogP contribution in [-0.4, -0.2) is 19.1 Å². The van der Waals surface area contributed by atoms with E-state index in [0.717, 1.165) is 28.6 Å². The fraction of sp³-hybridized carbons (Fsp3) is 0.214. The van der Waals surface area contributed by atoms with Gasteiger partial charge in [0.25, 0.3) is 0 Å². The molecular formula is C28H27BrN2O3. The largest absolute Gasteiger partial charge is 0.465 e. The fourth-order valence-electron chi connectivity index (χ4n) is 4.04. The normalized spacial score (nSPS) is 13.1. The van der Waals surface area contributed by atoms with Gasteiger partial charge in [0.2, 0.25) is 0 Å². The number of carbonyl (C=O) groups is 2. The number of benzene rings is 3. The van der Waals surface area contributed by atoms with Crippen molar-refractivity contribution in [1.82, 2.24) is 0 Å². The minimum absolute atomic E-state index is 0.236. The Balaban J connectivity index is 1.59. The number of nitrogens with zero attached hydrogens (tertiary/aromatic N) is 1. The van der Waals surface area contributed by atoms with Gasteiger partial charge in [0.1, 0.15) is 0 Å². The summed E-state index contributed by atoms with van der Waals surface area (Å²) in [4.78, 5) is 26.8.